The molecule has 5 rings (SSSR count). The van der Waals surface area contributed by atoms with Gasteiger partial charge in [-0.25, -0.2) is 15.0 Å². The van der Waals surface area contributed by atoms with Crippen molar-refractivity contribution in [3.8, 4) is 10.6 Å². The molecule has 3 unspecified atom stereocenters. The zero-order valence-electron chi connectivity index (χ0n) is 19.8. The molecule has 1 aromatic carbocycles. The van der Waals surface area contributed by atoms with Crippen LogP contribution in [0.15, 0.2) is 36.7 Å². The third-order valence-electron chi connectivity index (χ3n) is 6.43. The topological polar surface area (TPSA) is 101 Å². The quantitative estimate of drug-likeness (QED) is 0.314. The van der Waals surface area contributed by atoms with Crippen molar-refractivity contribution in [2.75, 3.05) is 17.2 Å². The van der Waals surface area contributed by atoms with Crippen LogP contribution in [0.25, 0.3) is 20.8 Å². The van der Waals surface area contributed by atoms with E-state index in [1.807, 2.05) is 35.9 Å². The highest BCUT2D eigenvalue weighted by Crippen LogP contribution is 2.40. The molecule has 0 amide bonds. The van der Waals surface area contributed by atoms with Gasteiger partial charge in [0.05, 0.1) is 21.5 Å². The van der Waals surface area contributed by atoms with Gasteiger partial charge in [-0.1, -0.05) is 12.1 Å². The number of hydrogen-bond acceptors (Lipinski definition) is 8. The number of fused-ring (bicyclic) bond motifs is 1. The number of imidazole rings is 1. The van der Waals surface area contributed by atoms with Crippen molar-refractivity contribution >= 4 is 33.3 Å². The molecule has 0 aliphatic heterocycles. The molecule has 8 nitrogen and oxygen atoms in total. The first-order valence-electron chi connectivity index (χ1n) is 11.6. The largest absolute Gasteiger partial charge is 0.405 e. The summed E-state index contributed by atoms with van der Waals surface area (Å²) in [6, 6.07) is 7.70. The second-order valence-electron chi connectivity index (χ2n) is 9.07. The Bertz CT molecular complexity index is 1340. The Balaban J connectivity index is 1.44. The SMILES string of the molecule is Cc1nc(NCC(F)(F)F)nc(NC2CCC(C(O)c3nccn3C)C2)c1-c1nc2ccccc2s1. The van der Waals surface area contributed by atoms with E-state index in [4.69, 9.17) is 4.98 Å². The minimum Gasteiger partial charge on any atom is -0.385 e. The van der Waals surface area contributed by atoms with Crippen LogP contribution in [0.3, 0.4) is 0 Å². The number of nitrogens with zero attached hydrogens (tertiary/aromatic N) is 5. The predicted octanol–water partition coefficient (Wildman–Crippen LogP) is 5.08. The summed E-state index contributed by atoms with van der Waals surface area (Å²) in [5.41, 5.74) is 2.03. The van der Waals surface area contributed by atoms with Gasteiger partial charge in [-0.2, -0.15) is 18.2 Å². The molecule has 4 aromatic rings. The lowest BCUT2D eigenvalue weighted by Crippen LogP contribution is -2.24. The van der Waals surface area contributed by atoms with Crippen molar-refractivity contribution in [1.82, 2.24) is 24.5 Å². The minimum atomic E-state index is -4.39. The summed E-state index contributed by atoms with van der Waals surface area (Å²) in [7, 11) is 1.85. The lowest BCUT2D eigenvalue weighted by Gasteiger charge is -2.20. The number of rotatable bonds is 7. The first kappa shape index (κ1) is 24.4. The molecule has 0 spiro atoms. The molecule has 0 radical (unpaired) electrons. The van der Waals surface area contributed by atoms with E-state index in [-0.39, 0.29) is 17.9 Å². The number of benzene rings is 1. The standard InChI is InChI=1S/C24H26F3N7OS/c1-13-18(22-32-16-5-3-4-6-17(16)36-22)20(33-23(30-13)29-12-24(25,26)27)31-15-8-7-14(11-15)19(35)21-28-9-10-34(21)2/h3-6,9-10,14-15,19,35H,7-8,11-12H2,1-2H3,(H2,29,30,31,33). The van der Waals surface area contributed by atoms with Crippen LogP contribution in [0.5, 0.6) is 0 Å². The molecular formula is C24H26F3N7OS. The second kappa shape index (κ2) is 9.66. The molecule has 1 aliphatic carbocycles. The number of anilines is 2. The maximum Gasteiger partial charge on any atom is 0.405 e. The molecule has 3 atom stereocenters. The Morgan fingerprint density at radius 2 is 2.00 bits per heavy atom. The monoisotopic (exact) mass is 517 g/mol. The van der Waals surface area contributed by atoms with Gasteiger partial charge in [0.15, 0.2) is 0 Å². The minimum absolute atomic E-state index is 0.000241. The number of hydrogen-bond donors (Lipinski definition) is 3. The lowest BCUT2D eigenvalue weighted by atomic mass is 10.00. The van der Waals surface area contributed by atoms with Gasteiger partial charge >= 0.3 is 6.18 Å². The van der Waals surface area contributed by atoms with E-state index in [0.29, 0.717) is 34.3 Å². The average Bonchev–Trinajstić information content (AvgIpc) is 3.56. The van der Waals surface area contributed by atoms with E-state index in [1.165, 1.54) is 11.3 Å². The first-order valence-corrected chi connectivity index (χ1v) is 12.5. The zero-order valence-corrected chi connectivity index (χ0v) is 20.6. The molecule has 1 saturated carbocycles. The number of aliphatic hydroxyl groups is 1. The molecule has 36 heavy (non-hydrogen) atoms. The fraction of sp³-hybridized carbons (Fsp3) is 0.417. The van der Waals surface area contributed by atoms with Gasteiger partial charge in [0.2, 0.25) is 5.95 Å². The molecule has 12 heteroatoms. The van der Waals surface area contributed by atoms with Crippen molar-refractivity contribution in [2.24, 2.45) is 13.0 Å². The highest BCUT2D eigenvalue weighted by atomic mass is 32.1. The van der Waals surface area contributed by atoms with Gasteiger partial charge in [-0.3, -0.25) is 0 Å². The fourth-order valence-electron chi connectivity index (χ4n) is 4.67. The van der Waals surface area contributed by atoms with E-state index < -0.39 is 18.8 Å². The summed E-state index contributed by atoms with van der Waals surface area (Å²) in [6.45, 7) is 0.517. The van der Waals surface area contributed by atoms with Gasteiger partial charge in [0.25, 0.3) is 0 Å². The summed E-state index contributed by atoms with van der Waals surface area (Å²) >= 11 is 1.48. The predicted molar refractivity (Wildman–Crippen MR) is 133 cm³/mol. The number of aliphatic hydroxyl groups excluding tert-OH is 1. The number of halogens is 3. The first-order chi connectivity index (χ1) is 17.2. The van der Waals surface area contributed by atoms with E-state index in [1.54, 1.807) is 19.3 Å². The maximum atomic E-state index is 12.8. The lowest BCUT2D eigenvalue weighted by molar-refractivity contribution is -0.115. The van der Waals surface area contributed by atoms with Crippen molar-refractivity contribution < 1.29 is 18.3 Å². The Hall–Kier alpha value is -3.25. The average molecular weight is 518 g/mol. The Morgan fingerprint density at radius 1 is 1.19 bits per heavy atom. The van der Waals surface area contributed by atoms with Crippen molar-refractivity contribution in [1.29, 1.82) is 0 Å². The molecule has 3 heterocycles. The van der Waals surface area contributed by atoms with Gasteiger partial charge in [-0.15, -0.1) is 11.3 Å². The molecule has 190 valence electrons. The summed E-state index contributed by atoms with van der Waals surface area (Å²) in [6.07, 6.45) is 0.597. The van der Waals surface area contributed by atoms with Crippen LogP contribution in [0, 0.1) is 12.8 Å². The van der Waals surface area contributed by atoms with E-state index in [2.05, 4.69) is 25.6 Å². The highest BCUT2D eigenvalue weighted by molar-refractivity contribution is 7.21. The second-order valence-corrected chi connectivity index (χ2v) is 10.1. The zero-order chi connectivity index (χ0) is 25.4. The van der Waals surface area contributed by atoms with Crippen molar-refractivity contribution in [3.63, 3.8) is 0 Å². The van der Waals surface area contributed by atoms with E-state index >= 15 is 0 Å². The van der Waals surface area contributed by atoms with Gasteiger partial charge in [-0.05, 0) is 44.2 Å². The normalized spacial score (nSPS) is 19.1. The molecule has 3 N–H and O–H groups in total. The highest BCUT2D eigenvalue weighted by Gasteiger charge is 2.34. The number of alkyl halides is 3. The van der Waals surface area contributed by atoms with Gasteiger partial charge in [0, 0.05) is 25.5 Å². The van der Waals surface area contributed by atoms with E-state index in [9.17, 15) is 18.3 Å². The summed E-state index contributed by atoms with van der Waals surface area (Å²) in [5.74, 6) is 0.954. The van der Waals surface area contributed by atoms with Gasteiger partial charge < -0.3 is 20.3 Å². The number of aromatic nitrogens is 5. The Labute approximate surface area is 209 Å². The third kappa shape index (κ3) is 5.14. The number of nitrogens with one attached hydrogen (secondary N) is 2. The van der Waals surface area contributed by atoms with Gasteiger partial charge in [0.1, 0.15) is 29.3 Å². The van der Waals surface area contributed by atoms with Crippen LogP contribution >= 0.6 is 11.3 Å². The maximum absolute atomic E-state index is 12.8. The number of thiazole rings is 1. The van der Waals surface area contributed by atoms with Crippen LogP contribution in [-0.4, -0.2) is 48.4 Å². The summed E-state index contributed by atoms with van der Waals surface area (Å²) in [5, 5.41) is 17.3. The molecule has 1 aliphatic rings. The molecule has 3 aromatic heterocycles. The third-order valence-corrected chi connectivity index (χ3v) is 7.48. The van der Waals surface area contributed by atoms with Crippen molar-refractivity contribution in [3.05, 3.63) is 48.2 Å². The van der Waals surface area contributed by atoms with Crippen molar-refractivity contribution in [2.45, 2.75) is 44.5 Å². The van der Waals surface area contributed by atoms with Crippen LogP contribution < -0.4 is 10.6 Å². The summed E-state index contributed by atoms with van der Waals surface area (Å²) in [4.78, 5) is 17.7. The molecule has 0 saturated heterocycles. The smallest absolute Gasteiger partial charge is 0.385 e. The Morgan fingerprint density at radius 3 is 2.72 bits per heavy atom. The number of aryl methyl sites for hydroxylation is 2. The van der Waals surface area contributed by atoms with Crippen LogP contribution in [0.1, 0.15) is 36.9 Å². The molecule has 1 fully saturated rings. The summed E-state index contributed by atoms with van der Waals surface area (Å²) < 4.78 is 41.3. The van der Waals surface area contributed by atoms with E-state index in [0.717, 1.165) is 23.1 Å². The number of para-hydroxylation sites is 1. The molecule has 0 bridgehead atoms. The fourth-order valence-corrected chi connectivity index (χ4v) is 5.74. The molecular weight excluding hydrogens is 491 g/mol. The Kier molecular flexibility index (Phi) is 6.56. The van der Waals surface area contributed by atoms with Crippen LogP contribution in [-0.2, 0) is 7.05 Å². The van der Waals surface area contributed by atoms with Crippen LogP contribution in [0.2, 0.25) is 0 Å². The van der Waals surface area contributed by atoms with Crippen LogP contribution in [0.4, 0.5) is 24.9 Å².